The fourth-order valence-electron chi connectivity index (χ4n) is 2.77. The van der Waals surface area contributed by atoms with Crippen LogP contribution in [0.2, 0.25) is 0 Å². The van der Waals surface area contributed by atoms with Gasteiger partial charge in [-0.15, -0.1) is 0 Å². The summed E-state index contributed by atoms with van der Waals surface area (Å²) in [5.41, 5.74) is 0.918. The van der Waals surface area contributed by atoms with Crippen molar-refractivity contribution >= 4 is 0 Å². The molecule has 0 amide bonds. The van der Waals surface area contributed by atoms with Crippen LogP contribution < -0.4 is 5.32 Å². The fraction of sp³-hybridized carbons (Fsp3) is 0.600. The highest BCUT2D eigenvalue weighted by Crippen LogP contribution is 2.25. The first-order valence-electron chi connectivity index (χ1n) is 6.99. The minimum absolute atomic E-state index is 0.112. The second-order valence-electron chi connectivity index (χ2n) is 5.68. The van der Waals surface area contributed by atoms with E-state index in [1.807, 2.05) is 0 Å². The van der Waals surface area contributed by atoms with E-state index in [2.05, 4.69) is 24.2 Å². The van der Waals surface area contributed by atoms with E-state index < -0.39 is 0 Å². The molecule has 0 saturated carbocycles. The molecule has 1 fully saturated rings. The molecule has 19 heavy (non-hydrogen) atoms. The van der Waals surface area contributed by atoms with E-state index in [0.717, 1.165) is 18.7 Å². The van der Waals surface area contributed by atoms with Crippen LogP contribution >= 0.6 is 0 Å². The first-order valence-corrected chi connectivity index (χ1v) is 6.99. The lowest BCUT2D eigenvalue weighted by Gasteiger charge is -2.30. The maximum Gasteiger partial charge on any atom is 0.119 e. The van der Waals surface area contributed by atoms with Crippen molar-refractivity contribution in [3.8, 4) is 11.5 Å². The van der Waals surface area contributed by atoms with E-state index in [-0.39, 0.29) is 17.5 Å². The number of nitrogens with zero attached hydrogens (tertiary/aromatic N) is 1. The topological polar surface area (TPSA) is 55.7 Å². The number of rotatable bonds is 4. The Kier molecular flexibility index (Phi) is 4.66. The van der Waals surface area contributed by atoms with Crippen molar-refractivity contribution in [3.63, 3.8) is 0 Å². The summed E-state index contributed by atoms with van der Waals surface area (Å²) in [6, 6.07) is 4.88. The average Bonchev–Trinajstić information content (AvgIpc) is 2.35. The second kappa shape index (κ2) is 6.26. The smallest absolute Gasteiger partial charge is 0.119 e. The predicted molar refractivity (Wildman–Crippen MR) is 76.4 cm³/mol. The molecule has 0 aliphatic carbocycles. The predicted octanol–water partition coefficient (Wildman–Crippen LogP) is 2.09. The van der Waals surface area contributed by atoms with Gasteiger partial charge in [-0.2, -0.15) is 0 Å². The number of likely N-dealkylation sites (tertiary alicyclic amines) is 1. The van der Waals surface area contributed by atoms with Gasteiger partial charge in [0.25, 0.3) is 0 Å². The summed E-state index contributed by atoms with van der Waals surface area (Å²) in [7, 11) is 2.17. The molecule has 2 rings (SSSR count). The molecule has 1 saturated heterocycles. The minimum Gasteiger partial charge on any atom is -0.508 e. The van der Waals surface area contributed by atoms with Gasteiger partial charge in [-0.1, -0.05) is 0 Å². The van der Waals surface area contributed by atoms with Gasteiger partial charge in [0.05, 0.1) is 0 Å². The summed E-state index contributed by atoms with van der Waals surface area (Å²) in [5.74, 6) is 0.911. The molecule has 3 N–H and O–H groups in total. The van der Waals surface area contributed by atoms with E-state index in [1.165, 1.54) is 25.5 Å². The van der Waals surface area contributed by atoms with E-state index in [0.29, 0.717) is 5.92 Å². The number of aromatic hydroxyl groups is 2. The molecule has 0 radical (unpaired) electrons. The maximum absolute atomic E-state index is 9.50. The molecule has 1 aliphatic rings. The van der Waals surface area contributed by atoms with E-state index >= 15 is 0 Å². The van der Waals surface area contributed by atoms with E-state index in [4.69, 9.17) is 0 Å². The van der Waals surface area contributed by atoms with Gasteiger partial charge in [0.2, 0.25) is 0 Å². The molecule has 1 heterocycles. The standard InChI is InChI=1S/C15H24N2O2/c1-11(13-6-14(18)8-15(19)7-13)16-9-12-4-3-5-17(2)10-12/h6-8,11-12,16,18-19H,3-5,9-10H2,1-2H3. The molecule has 0 bridgehead atoms. The first-order chi connectivity index (χ1) is 9.04. The monoisotopic (exact) mass is 264 g/mol. The highest BCUT2D eigenvalue weighted by atomic mass is 16.3. The van der Waals surface area contributed by atoms with Gasteiger partial charge in [-0.3, -0.25) is 0 Å². The molecular formula is C15H24N2O2. The number of hydrogen-bond donors (Lipinski definition) is 3. The number of nitrogens with one attached hydrogen (secondary N) is 1. The van der Waals surface area contributed by atoms with Crippen LogP contribution in [-0.2, 0) is 0 Å². The summed E-state index contributed by atoms with van der Waals surface area (Å²) in [6.45, 7) is 5.38. The Morgan fingerprint density at radius 2 is 2.00 bits per heavy atom. The van der Waals surface area contributed by atoms with Gasteiger partial charge in [0, 0.05) is 18.7 Å². The van der Waals surface area contributed by atoms with Crippen LogP contribution in [0.1, 0.15) is 31.4 Å². The molecule has 106 valence electrons. The fourth-order valence-corrected chi connectivity index (χ4v) is 2.77. The molecule has 1 aromatic rings. The normalized spacial score (nSPS) is 22.3. The zero-order valence-corrected chi connectivity index (χ0v) is 11.8. The van der Waals surface area contributed by atoms with Crippen LogP contribution in [0.4, 0.5) is 0 Å². The van der Waals surface area contributed by atoms with Crippen molar-refractivity contribution < 1.29 is 10.2 Å². The van der Waals surface area contributed by atoms with Crippen LogP contribution in [-0.4, -0.2) is 41.8 Å². The average molecular weight is 264 g/mol. The molecule has 0 spiro atoms. The third-order valence-electron chi connectivity index (χ3n) is 3.86. The Morgan fingerprint density at radius 3 is 2.63 bits per heavy atom. The van der Waals surface area contributed by atoms with Gasteiger partial charge < -0.3 is 20.4 Å². The minimum atomic E-state index is 0.112. The largest absolute Gasteiger partial charge is 0.508 e. The van der Waals surface area contributed by atoms with Crippen molar-refractivity contribution in [2.24, 2.45) is 5.92 Å². The Labute approximate surface area is 115 Å². The second-order valence-corrected chi connectivity index (χ2v) is 5.68. The summed E-state index contributed by atoms with van der Waals surface area (Å²) < 4.78 is 0. The lowest BCUT2D eigenvalue weighted by molar-refractivity contribution is 0.203. The molecule has 2 atom stereocenters. The van der Waals surface area contributed by atoms with Crippen molar-refractivity contribution in [2.45, 2.75) is 25.8 Å². The number of phenolic OH excluding ortho intramolecular Hbond substituents is 2. The van der Waals surface area contributed by atoms with Crippen molar-refractivity contribution in [1.29, 1.82) is 0 Å². The van der Waals surface area contributed by atoms with E-state index in [9.17, 15) is 10.2 Å². The molecule has 2 unspecified atom stereocenters. The number of phenols is 2. The SMILES string of the molecule is CC(NCC1CCCN(C)C1)c1cc(O)cc(O)c1. The summed E-state index contributed by atoms with van der Waals surface area (Å²) in [5, 5.41) is 22.5. The number of benzene rings is 1. The molecule has 4 heteroatoms. The van der Waals surface area contributed by atoms with Crippen molar-refractivity contribution in [3.05, 3.63) is 23.8 Å². The lowest BCUT2D eigenvalue weighted by atomic mass is 9.97. The zero-order valence-electron chi connectivity index (χ0n) is 11.8. The molecule has 0 aromatic heterocycles. The summed E-state index contributed by atoms with van der Waals surface area (Å²) in [6.07, 6.45) is 2.54. The van der Waals surface area contributed by atoms with Crippen molar-refractivity contribution in [1.82, 2.24) is 10.2 Å². The third kappa shape index (κ3) is 4.11. The highest BCUT2D eigenvalue weighted by molar-refractivity contribution is 5.37. The quantitative estimate of drug-likeness (QED) is 0.779. The Balaban J connectivity index is 1.88. The van der Waals surface area contributed by atoms with Crippen LogP contribution in [0, 0.1) is 5.92 Å². The molecule has 4 nitrogen and oxygen atoms in total. The van der Waals surface area contributed by atoms with Crippen LogP contribution in [0.5, 0.6) is 11.5 Å². The van der Waals surface area contributed by atoms with Gasteiger partial charge >= 0.3 is 0 Å². The van der Waals surface area contributed by atoms with Gasteiger partial charge in [-0.05, 0) is 63.5 Å². The molecule has 1 aliphatic heterocycles. The maximum atomic E-state index is 9.50. The zero-order chi connectivity index (χ0) is 13.8. The summed E-state index contributed by atoms with van der Waals surface area (Å²) >= 11 is 0. The number of hydrogen-bond acceptors (Lipinski definition) is 4. The third-order valence-corrected chi connectivity index (χ3v) is 3.86. The van der Waals surface area contributed by atoms with E-state index in [1.54, 1.807) is 12.1 Å². The van der Waals surface area contributed by atoms with Crippen molar-refractivity contribution in [2.75, 3.05) is 26.7 Å². The Morgan fingerprint density at radius 1 is 1.32 bits per heavy atom. The van der Waals surface area contributed by atoms with Gasteiger partial charge in [0.1, 0.15) is 11.5 Å². The van der Waals surface area contributed by atoms with Crippen LogP contribution in [0.15, 0.2) is 18.2 Å². The summed E-state index contributed by atoms with van der Waals surface area (Å²) in [4.78, 5) is 2.38. The van der Waals surface area contributed by atoms with Gasteiger partial charge in [0.15, 0.2) is 0 Å². The molecule has 1 aromatic carbocycles. The molecular weight excluding hydrogens is 240 g/mol. The van der Waals surface area contributed by atoms with Crippen LogP contribution in [0.3, 0.4) is 0 Å². The highest BCUT2D eigenvalue weighted by Gasteiger charge is 2.18. The Bertz CT molecular complexity index is 402. The van der Waals surface area contributed by atoms with Crippen LogP contribution in [0.25, 0.3) is 0 Å². The lowest BCUT2D eigenvalue weighted by Crippen LogP contribution is -2.37. The Hall–Kier alpha value is -1.26. The number of piperidine rings is 1. The first kappa shape index (κ1) is 14.2. The van der Waals surface area contributed by atoms with Gasteiger partial charge in [-0.25, -0.2) is 0 Å².